The van der Waals surface area contributed by atoms with E-state index in [0.29, 0.717) is 5.92 Å². The first-order chi connectivity index (χ1) is 7.16. The first kappa shape index (κ1) is 10.7. The molecule has 0 spiro atoms. The lowest BCUT2D eigenvalue weighted by Gasteiger charge is -2.33. The molecule has 2 aliphatic heterocycles. The number of carbonyl (C=O) groups excluding carboxylic acids is 1. The van der Waals surface area contributed by atoms with Crippen LogP contribution >= 0.6 is 0 Å². The van der Waals surface area contributed by atoms with Crippen LogP contribution in [0.4, 0.5) is 4.79 Å². The number of likely N-dealkylation sites (tertiary alicyclic amines) is 2. The van der Waals surface area contributed by atoms with Crippen molar-refractivity contribution in [1.82, 2.24) is 9.80 Å². The fourth-order valence-electron chi connectivity index (χ4n) is 2.52. The number of rotatable bonds is 0. The molecule has 86 valence electrons. The van der Waals surface area contributed by atoms with E-state index in [1.807, 2.05) is 9.80 Å². The van der Waals surface area contributed by atoms with Crippen LogP contribution in [0.5, 0.6) is 0 Å². The number of hydrogen-bond donors (Lipinski definition) is 1. The Bertz CT molecular complexity index is 244. The van der Waals surface area contributed by atoms with E-state index in [1.54, 1.807) is 0 Å². The highest BCUT2D eigenvalue weighted by Gasteiger charge is 2.29. The van der Waals surface area contributed by atoms with Crippen molar-refractivity contribution in [3.05, 3.63) is 0 Å². The Balaban J connectivity index is 1.89. The van der Waals surface area contributed by atoms with E-state index in [4.69, 9.17) is 5.73 Å². The summed E-state index contributed by atoms with van der Waals surface area (Å²) in [4.78, 5) is 16.0. The van der Waals surface area contributed by atoms with Gasteiger partial charge < -0.3 is 15.5 Å². The fourth-order valence-corrected chi connectivity index (χ4v) is 2.52. The van der Waals surface area contributed by atoms with Gasteiger partial charge in [0.15, 0.2) is 0 Å². The van der Waals surface area contributed by atoms with E-state index in [9.17, 15) is 4.79 Å². The summed E-state index contributed by atoms with van der Waals surface area (Å²) in [6.45, 7) is 5.64. The summed E-state index contributed by atoms with van der Waals surface area (Å²) in [5.74, 6) is 0.652. The first-order valence-corrected chi connectivity index (χ1v) is 5.96. The van der Waals surface area contributed by atoms with Crippen molar-refractivity contribution in [1.29, 1.82) is 0 Å². The minimum Gasteiger partial charge on any atom is -0.326 e. The van der Waals surface area contributed by atoms with E-state index in [-0.39, 0.29) is 12.1 Å². The number of carbonyl (C=O) groups is 1. The number of amides is 2. The maximum absolute atomic E-state index is 12.1. The molecule has 2 N–H and O–H groups in total. The van der Waals surface area contributed by atoms with Crippen LogP contribution in [0.2, 0.25) is 0 Å². The Hall–Kier alpha value is -0.770. The molecular weight excluding hydrogens is 190 g/mol. The molecule has 2 fully saturated rings. The first-order valence-electron chi connectivity index (χ1n) is 5.96. The molecule has 0 bridgehead atoms. The maximum atomic E-state index is 12.1. The van der Waals surface area contributed by atoms with Gasteiger partial charge in [0.1, 0.15) is 0 Å². The van der Waals surface area contributed by atoms with Crippen LogP contribution in [-0.4, -0.2) is 48.1 Å². The quantitative estimate of drug-likeness (QED) is 0.646. The molecule has 0 aliphatic carbocycles. The highest BCUT2D eigenvalue weighted by atomic mass is 16.2. The molecule has 4 heteroatoms. The Morgan fingerprint density at radius 2 is 1.93 bits per heavy atom. The van der Waals surface area contributed by atoms with E-state index in [2.05, 4.69) is 6.92 Å². The molecule has 4 nitrogen and oxygen atoms in total. The Morgan fingerprint density at radius 3 is 2.53 bits per heavy atom. The van der Waals surface area contributed by atoms with Crippen molar-refractivity contribution >= 4 is 6.03 Å². The van der Waals surface area contributed by atoms with Gasteiger partial charge in [0.25, 0.3) is 0 Å². The Labute approximate surface area is 91.4 Å². The van der Waals surface area contributed by atoms with Crippen molar-refractivity contribution in [3.8, 4) is 0 Å². The second-order valence-corrected chi connectivity index (χ2v) is 4.97. The molecule has 2 aliphatic rings. The molecule has 2 heterocycles. The van der Waals surface area contributed by atoms with Crippen LogP contribution in [-0.2, 0) is 0 Å². The van der Waals surface area contributed by atoms with Crippen molar-refractivity contribution in [3.63, 3.8) is 0 Å². The van der Waals surface area contributed by atoms with Crippen LogP contribution in [0.15, 0.2) is 0 Å². The Kier molecular flexibility index (Phi) is 3.14. The third-order valence-corrected chi connectivity index (χ3v) is 3.42. The molecule has 2 atom stereocenters. The van der Waals surface area contributed by atoms with Gasteiger partial charge in [-0.1, -0.05) is 6.92 Å². The lowest BCUT2D eigenvalue weighted by atomic mass is 10.0. The highest BCUT2D eigenvalue weighted by molar-refractivity contribution is 5.75. The SMILES string of the molecule is CC1CCCN(C(=O)N2CC[C@@H](N)C2)C1. The number of urea groups is 1. The minimum atomic E-state index is 0.191. The van der Waals surface area contributed by atoms with Gasteiger partial charge in [0.05, 0.1) is 0 Å². The molecule has 15 heavy (non-hydrogen) atoms. The van der Waals surface area contributed by atoms with Crippen molar-refractivity contribution < 1.29 is 4.79 Å². The summed E-state index contributed by atoms with van der Waals surface area (Å²) in [7, 11) is 0. The largest absolute Gasteiger partial charge is 0.326 e. The van der Waals surface area contributed by atoms with E-state index in [0.717, 1.165) is 39.0 Å². The van der Waals surface area contributed by atoms with E-state index >= 15 is 0 Å². The second-order valence-electron chi connectivity index (χ2n) is 4.97. The molecule has 0 aromatic heterocycles. The zero-order valence-electron chi connectivity index (χ0n) is 9.48. The molecule has 0 aromatic rings. The zero-order valence-corrected chi connectivity index (χ0v) is 9.48. The van der Waals surface area contributed by atoms with Crippen molar-refractivity contribution in [2.45, 2.75) is 32.2 Å². The van der Waals surface area contributed by atoms with Crippen molar-refractivity contribution in [2.75, 3.05) is 26.2 Å². The van der Waals surface area contributed by atoms with Gasteiger partial charge in [0, 0.05) is 32.2 Å². The molecular formula is C11H21N3O. The summed E-state index contributed by atoms with van der Waals surface area (Å²) in [5.41, 5.74) is 5.81. The van der Waals surface area contributed by atoms with Crippen LogP contribution in [0.3, 0.4) is 0 Å². The van der Waals surface area contributed by atoms with E-state index in [1.165, 1.54) is 6.42 Å². The monoisotopic (exact) mass is 211 g/mol. The van der Waals surface area contributed by atoms with Crippen LogP contribution in [0, 0.1) is 5.92 Å². The predicted molar refractivity (Wildman–Crippen MR) is 59.5 cm³/mol. The van der Waals surface area contributed by atoms with Gasteiger partial charge in [-0.05, 0) is 25.2 Å². The summed E-state index contributed by atoms with van der Waals surface area (Å²) in [5, 5.41) is 0. The Morgan fingerprint density at radius 1 is 1.20 bits per heavy atom. The molecule has 2 rings (SSSR count). The number of nitrogens with zero attached hydrogens (tertiary/aromatic N) is 2. The summed E-state index contributed by atoms with van der Waals surface area (Å²) >= 11 is 0. The average Bonchev–Trinajstić information content (AvgIpc) is 2.64. The molecule has 0 aromatic carbocycles. The lowest BCUT2D eigenvalue weighted by molar-refractivity contribution is 0.139. The molecule has 0 saturated carbocycles. The smallest absolute Gasteiger partial charge is 0.320 e. The van der Waals surface area contributed by atoms with Crippen LogP contribution < -0.4 is 5.73 Å². The summed E-state index contributed by atoms with van der Waals surface area (Å²) in [6.07, 6.45) is 3.35. The standard InChI is InChI=1S/C11H21N3O/c1-9-3-2-5-13(7-9)11(15)14-6-4-10(12)8-14/h9-10H,2-8,12H2,1H3/t9?,10-/m1/s1. The third-order valence-electron chi connectivity index (χ3n) is 3.42. The topological polar surface area (TPSA) is 49.6 Å². The summed E-state index contributed by atoms with van der Waals surface area (Å²) in [6, 6.07) is 0.394. The van der Waals surface area contributed by atoms with Crippen molar-refractivity contribution in [2.24, 2.45) is 11.7 Å². The van der Waals surface area contributed by atoms with Gasteiger partial charge in [-0.15, -0.1) is 0 Å². The third kappa shape index (κ3) is 2.43. The van der Waals surface area contributed by atoms with Gasteiger partial charge in [-0.3, -0.25) is 0 Å². The molecule has 2 saturated heterocycles. The maximum Gasteiger partial charge on any atom is 0.320 e. The van der Waals surface area contributed by atoms with Crippen LogP contribution in [0.1, 0.15) is 26.2 Å². The fraction of sp³-hybridized carbons (Fsp3) is 0.909. The summed E-state index contributed by atoms with van der Waals surface area (Å²) < 4.78 is 0. The van der Waals surface area contributed by atoms with Gasteiger partial charge in [-0.2, -0.15) is 0 Å². The molecule has 1 unspecified atom stereocenters. The number of piperidine rings is 1. The molecule has 0 radical (unpaired) electrons. The minimum absolute atomic E-state index is 0.191. The normalized spacial score (nSPS) is 32.1. The zero-order chi connectivity index (χ0) is 10.8. The van der Waals surface area contributed by atoms with Gasteiger partial charge in [0.2, 0.25) is 0 Å². The van der Waals surface area contributed by atoms with E-state index < -0.39 is 0 Å². The highest BCUT2D eigenvalue weighted by Crippen LogP contribution is 2.18. The van der Waals surface area contributed by atoms with Crippen LogP contribution in [0.25, 0.3) is 0 Å². The van der Waals surface area contributed by atoms with Gasteiger partial charge in [-0.25, -0.2) is 4.79 Å². The van der Waals surface area contributed by atoms with Gasteiger partial charge >= 0.3 is 6.03 Å². The predicted octanol–water partition coefficient (Wildman–Crippen LogP) is 0.871. The second kappa shape index (κ2) is 4.39. The number of hydrogen-bond acceptors (Lipinski definition) is 2. The lowest BCUT2D eigenvalue weighted by Crippen LogP contribution is -2.46. The number of nitrogens with two attached hydrogens (primary N) is 1. The molecule has 2 amide bonds. The average molecular weight is 211 g/mol.